The number of nitrogens with zero attached hydrogens (tertiary/aromatic N) is 1. The third-order valence-corrected chi connectivity index (χ3v) is 3.53. The maximum Gasteiger partial charge on any atom is 0.223 e. The van der Waals surface area contributed by atoms with Crippen molar-refractivity contribution in [1.82, 2.24) is 4.90 Å². The van der Waals surface area contributed by atoms with Gasteiger partial charge in [0.25, 0.3) is 0 Å². The van der Waals surface area contributed by atoms with E-state index in [1.807, 2.05) is 4.90 Å². The fourth-order valence-corrected chi connectivity index (χ4v) is 2.68. The monoisotopic (exact) mass is 303 g/mol. The molecule has 1 fully saturated rings. The van der Waals surface area contributed by atoms with Crippen LogP contribution in [0.25, 0.3) is 0 Å². The summed E-state index contributed by atoms with van der Waals surface area (Å²) in [7, 11) is 0. The molecule has 0 aromatic rings. The topological polar surface area (TPSA) is 20.3 Å². The highest BCUT2D eigenvalue weighted by Crippen LogP contribution is 2.39. The molecule has 1 unspecified atom stereocenters. The summed E-state index contributed by atoms with van der Waals surface area (Å²) in [5.41, 5.74) is 2.51. The summed E-state index contributed by atoms with van der Waals surface area (Å²) in [6.45, 7) is 4.73. The van der Waals surface area contributed by atoms with Gasteiger partial charge in [-0.15, -0.1) is 0 Å². The summed E-state index contributed by atoms with van der Waals surface area (Å²) < 4.78 is 0.239. The Hall–Kier alpha value is -0.320. The molecule has 1 heterocycles. The molecule has 1 aliphatic carbocycles. The van der Waals surface area contributed by atoms with Gasteiger partial charge in [-0.1, -0.05) is 34.7 Å². The lowest BCUT2D eigenvalue weighted by atomic mass is 9.95. The third kappa shape index (κ3) is 1.74. The SMILES string of the molecule is CC(=O)N1CCC2=CC(C)(I)CC=C21. The molecule has 2 rings (SSSR count). The molecule has 0 spiro atoms. The Bertz CT molecular complexity index is 341. The second kappa shape index (κ2) is 3.36. The number of fused-ring (bicyclic) bond motifs is 1. The molecule has 3 heteroatoms. The molecule has 1 atom stereocenters. The quantitative estimate of drug-likeness (QED) is 0.498. The number of likely N-dealkylation sites (tertiary alicyclic amines) is 1. The summed E-state index contributed by atoms with van der Waals surface area (Å²) in [4.78, 5) is 13.2. The van der Waals surface area contributed by atoms with Crippen LogP contribution in [0.3, 0.4) is 0 Å². The number of amides is 1. The van der Waals surface area contributed by atoms with E-state index >= 15 is 0 Å². The van der Waals surface area contributed by atoms with Crippen molar-refractivity contribution in [2.24, 2.45) is 0 Å². The van der Waals surface area contributed by atoms with Crippen LogP contribution in [-0.2, 0) is 4.79 Å². The van der Waals surface area contributed by atoms with E-state index < -0.39 is 0 Å². The molecule has 0 saturated carbocycles. The minimum atomic E-state index is 0.164. The molecule has 0 aromatic heterocycles. The van der Waals surface area contributed by atoms with Gasteiger partial charge in [0.15, 0.2) is 0 Å². The van der Waals surface area contributed by atoms with E-state index in [1.54, 1.807) is 6.92 Å². The van der Waals surface area contributed by atoms with Gasteiger partial charge in [0, 0.05) is 22.6 Å². The number of rotatable bonds is 0. The zero-order valence-corrected chi connectivity index (χ0v) is 10.7. The Morgan fingerprint density at radius 3 is 3.00 bits per heavy atom. The van der Waals surface area contributed by atoms with Gasteiger partial charge in [-0.25, -0.2) is 0 Å². The van der Waals surface area contributed by atoms with Gasteiger partial charge in [0.2, 0.25) is 5.91 Å². The molecule has 0 bridgehead atoms. The maximum absolute atomic E-state index is 11.3. The van der Waals surface area contributed by atoms with E-state index in [0.717, 1.165) is 25.1 Å². The molecule has 0 aromatic carbocycles. The Morgan fingerprint density at radius 1 is 1.64 bits per heavy atom. The van der Waals surface area contributed by atoms with Crippen LogP contribution in [0.15, 0.2) is 23.4 Å². The molecular weight excluding hydrogens is 289 g/mol. The molecule has 0 radical (unpaired) electrons. The second-order valence-corrected chi connectivity index (χ2v) is 6.63. The highest BCUT2D eigenvalue weighted by molar-refractivity contribution is 14.1. The molecule has 76 valence electrons. The molecule has 0 N–H and O–H groups in total. The van der Waals surface area contributed by atoms with Crippen molar-refractivity contribution in [3.8, 4) is 0 Å². The van der Waals surface area contributed by atoms with E-state index in [0.29, 0.717) is 0 Å². The van der Waals surface area contributed by atoms with Gasteiger partial charge in [0.1, 0.15) is 0 Å². The summed E-state index contributed by atoms with van der Waals surface area (Å²) in [6, 6.07) is 0. The van der Waals surface area contributed by atoms with Crippen molar-refractivity contribution < 1.29 is 4.79 Å². The normalized spacial score (nSPS) is 30.9. The molecule has 2 nitrogen and oxygen atoms in total. The number of halogens is 1. The van der Waals surface area contributed by atoms with Gasteiger partial charge in [-0.05, 0) is 25.3 Å². The summed E-state index contributed by atoms with van der Waals surface area (Å²) in [5.74, 6) is 0.164. The van der Waals surface area contributed by atoms with E-state index in [-0.39, 0.29) is 9.33 Å². The fourth-order valence-electron chi connectivity index (χ4n) is 2.09. The Morgan fingerprint density at radius 2 is 2.36 bits per heavy atom. The molecule has 1 aliphatic heterocycles. The van der Waals surface area contributed by atoms with Gasteiger partial charge in [-0.3, -0.25) is 4.79 Å². The summed E-state index contributed by atoms with van der Waals surface area (Å²) >= 11 is 2.47. The zero-order valence-electron chi connectivity index (χ0n) is 8.51. The first-order valence-electron chi connectivity index (χ1n) is 4.89. The van der Waals surface area contributed by atoms with Gasteiger partial charge < -0.3 is 4.90 Å². The lowest BCUT2D eigenvalue weighted by Gasteiger charge is -2.25. The molecule has 2 aliphatic rings. The van der Waals surface area contributed by atoms with Crippen LogP contribution in [-0.4, -0.2) is 20.8 Å². The van der Waals surface area contributed by atoms with Gasteiger partial charge in [0.05, 0.1) is 0 Å². The van der Waals surface area contributed by atoms with Crippen LogP contribution in [0.2, 0.25) is 0 Å². The number of carbonyl (C=O) groups is 1. The van der Waals surface area contributed by atoms with E-state index in [2.05, 4.69) is 41.7 Å². The highest BCUT2D eigenvalue weighted by Gasteiger charge is 2.31. The Labute approximate surface area is 98.2 Å². The van der Waals surface area contributed by atoms with Crippen LogP contribution in [0.1, 0.15) is 26.7 Å². The Balaban J connectivity index is 2.30. The van der Waals surface area contributed by atoms with Crippen LogP contribution in [0, 0.1) is 0 Å². The summed E-state index contributed by atoms with van der Waals surface area (Å²) in [5, 5.41) is 0. The van der Waals surface area contributed by atoms with Gasteiger partial charge >= 0.3 is 0 Å². The molecule has 1 amide bonds. The van der Waals surface area contributed by atoms with Crippen LogP contribution < -0.4 is 0 Å². The lowest BCUT2D eigenvalue weighted by Crippen LogP contribution is -2.25. The minimum absolute atomic E-state index is 0.164. The van der Waals surface area contributed by atoms with Crippen molar-refractivity contribution in [2.45, 2.75) is 30.1 Å². The smallest absolute Gasteiger partial charge is 0.223 e. The van der Waals surface area contributed by atoms with Crippen molar-refractivity contribution >= 4 is 28.5 Å². The van der Waals surface area contributed by atoms with E-state index in [9.17, 15) is 4.79 Å². The minimum Gasteiger partial charge on any atom is -0.312 e. The number of allylic oxidation sites excluding steroid dienone is 3. The number of hydrogen-bond acceptors (Lipinski definition) is 1. The predicted octanol–water partition coefficient (Wildman–Crippen LogP) is 2.65. The summed E-state index contributed by atoms with van der Waals surface area (Å²) in [6.07, 6.45) is 6.56. The number of hydrogen-bond donors (Lipinski definition) is 0. The first-order chi connectivity index (χ1) is 6.49. The highest BCUT2D eigenvalue weighted by atomic mass is 127. The average molecular weight is 303 g/mol. The van der Waals surface area contributed by atoms with Crippen molar-refractivity contribution in [3.63, 3.8) is 0 Å². The van der Waals surface area contributed by atoms with E-state index in [1.165, 1.54) is 5.57 Å². The van der Waals surface area contributed by atoms with Gasteiger partial charge in [-0.2, -0.15) is 0 Å². The molecular formula is C11H14INO. The first kappa shape index (κ1) is 10.2. The first-order valence-corrected chi connectivity index (χ1v) is 5.97. The Kier molecular flexibility index (Phi) is 2.45. The largest absolute Gasteiger partial charge is 0.312 e. The van der Waals surface area contributed by atoms with Crippen molar-refractivity contribution in [3.05, 3.63) is 23.4 Å². The van der Waals surface area contributed by atoms with Crippen LogP contribution >= 0.6 is 22.6 Å². The van der Waals surface area contributed by atoms with Crippen molar-refractivity contribution in [2.75, 3.05) is 6.54 Å². The predicted molar refractivity (Wildman–Crippen MR) is 65.2 cm³/mol. The maximum atomic E-state index is 11.3. The lowest BCUT2D eigenvalue weighted by molar-refractivity contribution is -0.126. The number of carbonyl (C=O) groups excluding carboxylic acids is 1. The molecule has 1 saturated heterocycles. The van der Waals surface area contributed by atoms with Crippen LogP contribution in [0.4, 0.5) is 0 Å². The fraction of sp³-hybridized carbons (Fsp3) is 0.545. The van der Waals surface area contributed by atoms with Crippen LogP contribution in [0.5, 0.6) is 0 Å². The molecule has 14 heavy (non-hydrogen) atoms. The van der Waals surface area contributed by atoms with Crippen molar-refractivity contribution in [1.29, 1.82) is 0 Å². The average Bonchev–Trinajstić information content (AvgIpc) is 2.44. The standard InChI is InChI=1S/C11H14INO/c1-8(14)13-6-4-9-7-11(2,12)5-3-10(9)13/h3,7H,4-6H2,1-2H3. The third-order valence-electron chi connectivity index (χ3n) is 2.77. The zero-order chi connectivity index (χ0) is 10.3. The second-order valence-electron chi connectivity index (χ2n) is 4.16. The number of alkyl halides is 1. The van der Waals surface area contributed by atoms with E-state index in [4.69, 9.17) is 0 Å².